The standard InChI is InChI=1S/C10H12ClN3O.ClH/c1-3-14-4-6(11)9-8(10(14)15)7(12)5-13(9)2;/h4-5H,3,12H2,1-2H3;1H. The molecule has 0 aliphatic rings. The zero-order valence-corrected chi connectivity index (χ0v) is 10.6. The number of hydrogen-bond acceptors (Lipinski definition) is 2. The van der Waals surface area contributed by atoms with Gasteiger partial charge in [0.15, 0.2) is 0 Å². The van der Waals surface area contributed by atoms with Crippen LogP contribution in [0.1, 0.15) is 6.92 Å². The summed E-state index contributed by atoms with van der Waals surface area (Å²) in [6, 6.07) is 0. The summed E-state index contributed by atoms with van der Waals surface area (Å²) in [6.07, 6.45) is 3.35. The molecule has 4 nitrogen and oxygen atoms in total. The number of pyridine rings is 1. The Morgan fingerprint density at radius 2 is 2.06 bits per heavy atom. The molecule has 0 saturated heterocycles. The topological polar surface area (TPSA) is 52.9 Å². The molecule has 0 aromatic carbocycles. The first-order chi connectivity index (χ1) is 7.06. The van der Waals surface area contributed by atoms with Crippen LogP contribution in [0.5, 0.6) is 0 Å². The average molecular weight is 262 g/mol. The van der Waals surface area contributed by atoms with Crippen LogP contribution in [-0.2, 0) is 13.6 Å². The van der Waals surface area contributed by atoms with Crippen molar-refractivity contribution in [3.8, 4) is 0 Å². The number of aromatic nitrogens is 2. The minimum absolute atomic E-state index is 0. The quantitative estimate of drug-likeness (QED) is 0.854. The Hall–Kier alpha value is -1.13. The van der Waals surface area contributed by atoms with Crippen molar-refractivity contribution in [3.63, 3.8) is 0 Å². The summed E-state index contributed by atoms with van der Waals surface area (Å²) in [5.41, 5.74) is 6.86. The third kappa shape index (κ3) is 1.68. The van der Waals surface area contributed by atoms with E-state index in [1.54, 1.807) is 21.5 Å². The molecule has 2 aromatic heterocycles. The fourth-order valence-electron chi connectivity index (χ4n) is 1.80. The van der Waals surface area contributed by atoms with E-state index < -0.39 is 0 Å². The van der Waals surface area contributed by atoms with Crippen LogP contribution in [0.25, 0.3) is 10.9 Å². The van der Waals surface area contributed by atoms with Crippen LogP contribution in [0, 0.1) is 0 Å². The number of anilines is 1. The van der Waals surface area contributed by atoms with E-state index in [9.17, 15) is 4.79 Å². The second-order valence-corrected chi connectivity index (χ2v) is 3.89. The number of hydrogen-bond donors (Lipinski definition) is 1. The molecule has 2 rings (SSSR count). The fraction of sp³-hybridized carbons (Fsp3) is 0.300. The molecule has 6 heteroatoms. The monoisotopic (exact) mass is 261 g/mol. The van der Waals surface area contributed by atoms with Crippen LogP contribution < -0.4 is 11.3 Å². The summed E-state index contributed by atoms with van der Waals surface area (Å²) in [4.78, 5) is 12.0. The Morgan fingerprint density at radius 1 is 1.44 bits per heavy atom. The molecule has 0 aliphatic heterocycles. The van der Waals surface area contributed by atoms with Gasteiger partial charge in [0.05, 0.1) is 21.6 Å². The molecule has 0 atom stereocenters. The van der Waals surface area contributed by atoms with Crippen LogP contribution in [0.4, 0.5) is 5.69 Å². The van der Waals surface area contributed by atoms with Gasteiger partial charge in [0, 0.05) is 26.0 Å². The van der Waals surface area contributed by atoms with Crippen molar-refractivity contribution in [2.45, 2.75) is 13.5 Å². The summed E-state index contributed by atoms with van der Waals surface area (Å²) in [5, 5.41) is 1.05. The van der Waals surface area contributed by atoms with Crippen LogP contribution in [0.2, 0.25) is 5.02 Å². The zero-order valence-electron chi connectivity index (χ0n) is 9.03. The highest BCUT2D eigenvalue weighted by Gasteiger charge is 2.13. The lowest BCUT2D eigenvalue weighted by molar-refractivity contribution is 0.734. The Labute approximate surface area is 104 Å². The minimum Gasteiger partial charge on any atom is -0.397 e. The van der Waals surface area contributed by atoms with Crippen molar-refractivity contribution >= 4 is 40.6 Å². The maximum atomic E-state index is 12.0. The van der Waals surface area contributed by atoms with Crippen molar-refractivity contribution in [1.29, 1.82) is 0 Å². The molecule has 0 aliphatic carbocycles. The molecule has 2 aromatic rings. The summed E-state index contributed by atoms with van der Waals surface area (Å²) in [7, 11) is 1.82. The number of aryl methyl sites for hydroxylation is 2. The lowest BCUT2D eigenvalue weighted by atomic mass is 10.3. The van der Waals surface area contributed by atoms with Gasteiger partial charge in [-0.05, 0) is 6.92 Å². The number of rotatable bonds is 1. The largest absolute Gasteiger partial charge is 0.397 e. The van der Waals surface area contributed by atoms with Crippen molar-refractivity contribution in [2.75, 3.05) is 5.73 Å². The first-order valence-corrected chi connectivity index (χ1v) is 5.07. The smallest absolute Gasteiger partial charge is 0.262 e. The Bertz CT molecular complexity index is 586. The second-order valence-electron chi connectivity index (χ2n) is 3.49. The van der Waals surface area contributed by atoms with E-state index in [4.69, 9.17) is 17.3 Å². The van der Waals surface area contributed by atoms with E-state index in [0.29, 0.717) is 28.2 Å². The SMILES string of the molecule is CCn1cc(Cl)c2c(c(N)cn2C)c1=O.Cl. The molecule has 0 amide bonds. The highest BCUT2D eigenvalue weighted by molar-refractivity contribution is 6.35. The third-order valence-electron chi connectivity index (χ3n) is 2.52. The van der Waals surface area contributed by atoms with Crippen molar-refractivity contribution < 1.29 is 0 Å². The molecule has 88 valence electrons. The number of halogens is 2. The predicted octanol–water partition coefficient (Wildman–Crippen LogP) is 2.02. The molecular formula is C10H13Cl2N3O. The molecule has 0 unspecified atom stereocenters. The van der Waals surface area contributed by atoms with Gasteiger partial charge in [-0.3, -0.25) is 4.79 Å². The Morgan fingerprint density at radius 3 is 2.62 bits per heavy atom. The van der Waals surface area contributed by atoms with Crippen molar-refractivity contribution in [3.05, 3.63) is 27.8 Å². The highest BCUT2D eigenvalue weighted by atomic mass is 35.5. The molecule has 0 fully saturated rings. The summed E-state index contributed by atoms with van der Waals surface area (Å²) < 4.78 is 3.33. The van der Waals surface area contributed by atoms with Crippen molar-refractivity contribution in [1.82, 2.24) is 9.13 Å². The van der Waals surface area contributed by atoms with E-state index in [1.165, 1.54) is 0 Å². The summed E-state index contributed by atoms with van der Waals surface area (Å²) in [6.45, 7) is 2.48. The predicted molar refractivity (Wildman–Crippen MR) is 69.5 cm³/mol. The minimum atomic E-state index is -0.0880. The highest BCUT2D eigenvalue weighted by Crippen LogP contribution is 2.25. The van der Waals surface area contributed by atoms with Gasteiger partial charge in [-0.1, -0.05) is 11.6 Å². The molecule has 2 N–H and O–H groups in total. The second kappa shape index (κ2) is 4.39. The molecule has 2 heterocycles. The third-order valence-corrected chi connectivity index (χ3v) is 2.80. The van der Waals surface area contributed by atoms with Crippen LogP contribution >= 0.6 is 24.0 Å². The van der Waals surface area contributed by atoms with Gasteiger partial charge < -0.3 is 14.9 Å². The van der Waals surface area contributed by atoms with Gasteiger partial charge in [-0.15, -0.1) is 12.4 Å². The number of nitrogens with two attached hydrogens (primary N) is 1. The van der Waals surface area contributed by atoms with E-state index in [1.807, 2.05) is 14.0 Å². The molecule has 0 radical (unpaired) electrons. The van der Waals surface area contributed by atoms with Crippen molar-refractivity contribution in [2.24, 2.45) is 7.05 Å². The molecule has 0 bridgehead atoms. The maximum Gasteiger partial charge on any atom is 0.262 e. The summed E-state index contributed by atoms with van der Waals surface area (Å²) >= 11 is 6.10. The van der Waals surface area contributed by atoms with Crippen LogP contribution in [-0.4, -0.2) is 9.13 Å². The van der Waals surface area contributed by atoms with Gasteiger partial charge in [-0.25, -0.2) is 0 Å². The maximum absolute atomic E-state index is 12.0. The van der Waals surface area contributed by atoms with Crippen LogP contribution in [0.15, 0.2) is 17.2 Å². The normalized spacial score (nSPS) is 10.4. The van der Waals surface area contributed by atoms with Crippen LogP contribution in [0.3, 0.4) is 0 Å². The van der Waals surface area contributed by atoms with Gasteiger partial charge in [-0.2, -0.15) is 0 Å². The van der Waals surface area contributed by atoms with Gasteiger partial charge in [0.1, 0.15) is 0 Å². The fourth-order valence-corrected chi connectivity index (χ4v) is 2.14. The molecular weight excluding hydrogens is 249 g/mol. The van der Waals surface area contributed by atoms with Gasteiger partial charge in [0.25, 0.3) is 5.56 Å². The van der Waals surface area contributed by atoms with Gasteiger partial charge >= 0.3 is 0 Å². The van der Waals surface area contributed by atoms with E-state index in [2.05, 4.69) is 0 Å². The first kappa shape index (κ1) is 12.9. The molecule has 0 spiro atoms. The van der Waals surface area contributed by atoms with E-state index >= 15 is 0 Å². The zero-order chi connectivity index (χ0) is 11.2. The number of fused-ring (bicyclic) bond motifs is 1. The lowest BCUT2D eigenvalue weighted by Gasteiger charge is -2.05. The molecule has 0 saturated carbocycles. The first-order valence-electron chi connectivity index (χ1n) is 4.69. The summed E-state index contributed by atoms with van der Waals surface area (Å²) in [5.74, 6) is 0. The van der Waals surface area contributed by atoms with Gasteiger partial charge in [0.2, 0.25) is 0 Å². The van der Waals surface area contributed by atoms with E-state index in [-0.39, 0.29) is 18.0 Å². The number of nitrogen functional groups attached to an aromatic ring is 1. The number of nitrogens with zero attached hydrogens (tertiary/aromatic N) is 2. The molecule has 16 heavy (non-hydrogen) atoms. The Balaban J connectivity index is 0.00000128. The lowest BCUT2D eigenvalue weighted by Crippen LogP contribution is -2.19. The Kier molecular flexibility index (Phi) is 3.55. The van der Waals surface area contributed by atoms with E-state index in [0.717, 1.165) is 0 Å². The average Bonchev–Trinajstić information content (AvgIpc) is 2.48.